The molecule has 0 radical (unpaired) electrons. The molecule has 0 saturated heterocycles. The molecule has 0 spiro atoms. The zero-order valence-corrected chi connectivity index (χ0v) is 16.3. The van der Waals surface area contributed by atoms with Crippen molar-refractivity contribution in [1.29, 1.82) is 0 Å². The first-order valence-electron chi connectivity index (χ1n) is 7.44. The van der Waals surface area contributed by atoms with E-state index in [1.165, 1.54) is 23.5 Å². The molecule has 142 valence electrons. The molecular weight excluding hydrogens is 412 g/mol. The van der Waals surface area contributed by atoms with Crippen LogP contribution in [0.1, 0.15) is 4.88 Å². The van der Waals surface area contributed by atoms with Crippen LogP contribution in [-0.2, 0) is 19.5 Å². The van der Waals surface area contributed by atoms with Crippen molar-refractivity contribution in [2.75, 3.05) is 5.32 Å². The molecule has 3 rings (SSSR count). The van der Waals surface area contributed by atoms with E-state index in [-0.39, 0.29) is 4.90 Å². The number of thiazole rings is 1. The Kier molecular flexibility index (Phi) is 6.11. The van der Waals surface area contributed by atoms with Crippen LogP contribution < -0.4 is 5.32 Å². The van der Waals surface area contributed by atoms with Crippen LogP contribution in [0.5, 0.6) is 0 Å². The molecule has 0 fully saturated rings. The average Bonchev–Trinajstić information content (AvgIpc) is 3.00. The number of hydrogen-bond acceptors (Lipinski definition) is 9. The molecule has 3 aromatic rings. The normalized spacial score (nSPS) is 11.5. The fraction of sp³-hybridized carbons (Fsp3) is 0.0625. The molecule has 1 aromatic heterocycles. The number of nitrogens with one attached hydrogen (secondary N) is 1. The second kappa shape index (κ2) is 8.35. The van der Waals surface area contributed by atoms with Gasteiger partial charge in [0.15, 0.2) is 5.13 Å². The third-order valence-corrected chi connectivity index (χ3v) is 5.84. The Balaban J connectivity index is 1.76. The van der Waals surface area contributed by atoms with E-state index in [0.29, 0.717) is 10.8 Å². The first kappa shape index (κ1) is 19.8. The number of nitrogens with zero attached hydrogens (tertiary/aromatic N) is 1. The topological polar surface area (TPSA) is 118 Å². The Morgan fingerprint density at radius 2 is 1.78 bits per heavy atom. The number of aromatic nitrogens is 1. The third kappa shape index (κ3) is 5.05. The molecular formula is C16H14N2O6S3. The Bertz CT molecular complexity index is 1020. The summed E-state index contributed by atoms with van der Waals surface area (Å²) in [5.74, 6) is 0. The number of hydrogen-bond donors (Lipinski definition) is 3. The van der Waals surface area contributed by atoms with Gasteiger partial charge in [0.2, 0.25) is 0 Å². The maximum atomic E-state index is 11.1. The van der Waals surface area contributed by atoms with Gasteiger partial charge >= 0.3 is 0 Å². The molecule has 11 heteroatoms. The van der Waals surface area contributed by atoms with Gasteiger partial charge in [-0.05, 0) is 43.3 Å². The zero-order chi connectivity index (χ0) is 19.4. The highest BCUT2D eigenvalue weighted by atomic mass is 32.2. The fourth-order valence-corrected chi connectivity index (χ4v) is 3.97. The van der Waals surface area contributed by atoms with E-state index in [1.54, 1.807) is 24.3 Å². The average molecular weight is 426 g/mol. The van der Waals surface area contributed by atoms with Gasteiger partial charge in [-0.15, -0.1) is 15.7 Å². The van der Waals surface area contributed by atoms with Gasteiger partial charge in [0, 0.05) is 21.0 Å². The summed E-state index contributed by atoms with van der Waals surface area (Å²) in [6.07, 6.45) is 0. The molecule has 27 heavy (non-hydrogen) atoms. The van der Waals surface area contributed by atoms with Gasteiger partial charge < -0.3 is 5.32 Å². The summed E-state index contributed by atoms with van der Waals surface area (Å²) in [6.45, 7) is 1.95. The van der Waals surface area contributed by atoms with Crippen LogP contribution in [-0.4, -0.2) is 23.2 Å². The van der Waals surface area contributed by atoms with Gasteiger partial charge in [-0.25, -0.2) is 10.2 Å². The summed E-state index contributed by atoms with van der Waals surface area (Å²) in [7, 11) is -4.21. The van der Waals surface area contributed by atoms with Crippen molar-refractivity contribution < 1.29 is 27.6 Å². The van der Waals surface area contributed by atoms with Gasteiger partial charge in [0.05, 0.1) is 22.6 Å². The molecule has 0 aliphatic heterocycles. The Labute approximate surface area is 163 Å². The lowest BCUT2D eigenvalue weighted by Gasteiger charge is -2.03. The maximum absolute atomic E-state index is 11.1. The second-order valence-electron chi connectivity index (χ2n) is 5.30. The van der Waals surface area contributed by atoms with Crippen molar-refractivity contribution in [1.82, 2.24) is 4.98 Å². The molecule has 0 saturated carbocycles. The third-order valence-electron chi connectivity index (χ3n) is 3.49. The molecule has 0 atom stereocenters. The highest BCUT2D eigenvalue weighted by Gasteiger charge is 2.12. The van der Waals surface area contributed by atoms with E-state index in [4.69, 9.17) is 9.81 Å². The molecule has 0 unspecified atom stereocenters. The van der Waals surface area contributed by atoms with Crippen LogP contribution in [0.3, 0.4) is 0 Å². The Morgan fingerprint density at radius 3 is 2.37 bits per heavy atom. The summed E-state index contributed by atoms with van der Waals surface area (Å²) in [6, 6.07) is 13.1. The van der Waals surface area contributed by atoms with E-state index in [9.17, 15) is 8.42 Å². The van der Waals surface area contributed by atoms with Crippen LogP contribution in [0, 0.1) is 6.92 Å². The summed E-state index contributed by atoms with van der Waals surface area (Å²) in [4.78, 5) is 6.16. The van der Waals surface area contributed by atoms with Crippen LogP contribution in [0.15, 0.2) is 58.3 Å². The van der Waals surface area contributed by atoms with Gasteiger partial charge in [0.25, 0.3) is 10.1 Å². The van der Waals surface area contributed by atoms with Crippen LogP contribution in [0.2, 0.25) is 0 Å². The molecule has 3 N–H and O–H groups in total. The lowest BCUT2D eigenvalue weighted by Crippen LogP contribution is -1.98. The van der Waals surface area contributed by atoms with Gasteiger partial charge in [0.1, 0.15) is 0 Å². The van der Waals surface area contributed by atoms with E-state index in [1.807, 2.05) is 19.1 Å². The predicted molar refractivity (Wildman–Crippen MR) is 102 cm³/mol. The van der Waals surface area contributed by atoms with E-state index in [2.05, 4.69) is 19.7 Å². The van der Waals surface area contributed by atoms with Gasteiger partial charge in [-0.1, -0.05) is 17.2 Å². The van der Waals surface area contributed by atoms with Crippen molar-refractivity contribution in [3.63, 3.8) is 0 Å². The largest absolute Gasteiger partial charge is 0.332 e. The number of benzene rings is 2. The smallest absolute Gasteiger partial charge is 0.294 e. The predicted octanol–water partition coefficient (Wildman–Crippen LogP) is 4.54. The second-order valence-corrected chi connectivity index (χ2v) is 8.70. The minimum atomic E-state index is -4.21. The monoisotopic (exact) mass is 426 g/mol. The molecule has 2 aromatic carbocycles. The number of rotatable bonds is 7. The highest BCUT2D eigenvalue weighted by Crippen LogP contribution is 2.33. The van der Waals surface area contributed by atoms with Crippen molar-refractivity contribution in [2.45, 2.75) is 16.7 Å². The van der Waals surface area contributed by atoms with Crippen molar-refractivity contribution in [2.24, 2.45) is 0 Å². The summed E-state index contributed by atoms with van der Waals surface area (Å²) in [5, 5.41) is 15.5. The minimum Gasteiger partial charge on any atom is -0.332 e. The fourth-order valence-electron chi connectivity index (χ4n) is 2.27. The standard InChI is InChI=1S/C16H14N2O6S3/c1-10-15(11-2-6-13(7-3-11)26-24-23-19)18-16(25-10)17-12-4-8-14(9-5-12)27(20,21)22/h2-9,19H,1H3,(H,17,18)(H,20,21,22). The van der Waals surface area contributed by atoms with Crippen molar-refractivity contribution >= 4 is 44.3 Å². The molecule has 0 amide bonds. The first-order chi connectivity index (χ1) is 12.9. The van der Waals surface area contributed by atoms with Crippen molar-refractivity contribution in [3.8, 4) is 11.3 Å². The van der Waals surface area contributed by atoms with E-state index >= 15 is 0 Å². The SMILES string of the molecule is Cc1sc(Nc2ccc(S(=O)(=O)O)cc2)nc1-c1ccc(SOOO)cc1. The van der Waals surface area contributed by atoms with Crippen LogP contribution >= 0.6 is 23.4 Å². The van der Waals surface area contributed by atoms with Crippen molar-refractivity contribution in [3.05, 3.63) is 53.4 Å². The van der Waals surface area contributed by atoms with Crippen LogP contribution in [0.4, 0.5) is 10.8 Å². The molecule has 0 aliphatic rings. The Morgan fingerprint density at radius 1 is 1.11 bits per heavy atom. The highest BCUT2D eigenvalue weighted by molar-refractivity contribution is 7.94. The molecule has 1 heterocycles. The zero-order valence-electron chi connectivity index (χ0n) is 13.8. The molecule has 0 bridgehead atoms. The van der Waals surface area contributed by atoms with E-state index in [0.717, 1.165) is 33.1 Å². The van der Waals surface area contributed by atoms with Gasteiger partial charge in [-0.3, -0.25) is 4.55 Å². The van der Waals surface area contributed by atoms with Crippen LogP contribution in [0.25, 0.3) is 11.3 Å². The first-order valence-corrected chi connectivity index (χ1v) is 10.4. The summed E-state index contributed by atoms with van der Waals surface area (Å²) in [5.41, 5.74) is 2.37. The quantitative estimate of drug-likeness (QED) is 0.217. The number of anilines is 2. The molecule has 0 aliphatic carbocycles. The maximum Gasteiger partial charge on any atom is 0.294 e. The minimum absolute atomic E-state index is 0.169. The summed E-state index contributed by atoms with van der Waals surface area (Å²) >= 11 is 2.33. The number of aryl methyl sites for hydroxylation is 1. The Hall–Kier alpha value is -1.99. The van der Waals surface area contributed by atoms with E-state index < -0.39 is 10.1 Å². The lowest BCUT2D eigenvalue weighted by atomic mass is 10.1. The van der Waals surface area contributed by atoms with Gasteiger partial charge in [-0.2, -0.15) is 8.42 Å². The molecule has 8 nitrogen and oxygen atoms in total. The summed E-state index contributed by atoms with van der Waals surface area (Å²) < 4.78 is 35.6. The lowest BCUT2D eigenvalue weighted by molar-refractivity contribution is -0.432.